The summed E-state index contributed by atoms with van der Waals surface area (Å²) in [7, 11) is 0. The number of Topliss-reactive ketones (excluding diaryl/α,β-unsaturated/α-hetero) is 1. The van der Waals surface area contributed by atoms with Gasteiger partial charge in [-0.05, 0) is 93.9 Å². The van der Waals surface area contributed by atoms with E-state index in [-0.39, 0.29) is 30.9 Å². The van der Waals surface area contributed by atoms with Gasteiger partial charge in [-0.3, -0.25) is 14.4 Å². The number of nitrogens with two attached hydrogens (primary N) is 1. The molecule has 4 atom stereocenters. The minimum atomic E-state index is -0.935. The van der Waals surface area contributed by atoms with Crippen LogP contribution in [-0.2, 0) is 25.5 Å². The quantitative estimate of drug-likeness (QED) is 0.117. The van der Waals surface area contributed by atoms with Gasteiger partial charge in [0, 0.05) is 19.6 Å². The molecule has 2 aromatic carbocycles. The number of nitrogens with one attached hydrogen (secondary N) is 2. The molecular formula is C40H53N5O7. The highest BCUT2D eigenvalue weighted by molar-refractivity contribution is 6.01. The third-order valence-corrected chi connectivity index (χ3v) is 10.5. The standard InChI is InChI=1S/C40H53N5O7/c41-22-10-9-16-32(36(46)38-43-31-15-7-8-17-35(31)52-38)42-37(47)34-23-30(50-25-28-13-5-2-6-14-28)24-45(34)39(48)33(21-20-27-11-3-1-4-12-27)44-40(49)51-26-29-18-19-29/h1,3-4,7-8,11-12,15,17,28-30,32-34H,2,5-6,9-10,13-14,16,18-26,41H2,(H,42,47)(H,44,49)/t30-,32+,33-,34+/m1/s1. The summed E-state index contributed by atoms with van der Waals surface area (Å²) in [6.07, 6.45) is 9.57. The number of oxazole rings is 1. The molecule has 1 aliphatic heterocycles. The molecule has 2 aliphatic carbocycles. The SMILES string of the molecule is NCCCC[C@H](NC(=O)[C@@H]1C[C@@H](OCC2CCCCC2)CN1C(=O)[C@@H](CCc1ccccc1)NC(=O)OCC1CC1)C(=O)c1nc2ccccc2o1. The van der Waals surface area contributed by atoms with Crippen molar-refractivity contribution in [2.24, 2.45) is 17.6 Å². The fourth-order valence-electron chi connectivity index (χ4n) is 7.27. The van der Waals surface area contributed by atoms with Gasteiger partial charge in [0.15, 0.2) is 5.58 Å². The second kappa shape index (κ2) is 18.5. The highest BCUT2D eigenvalue weighted by Gasteiger charge is 2.44. The summed E-state index contributed by atoms with van der Waals surface area (Å²) < 4.78 is 17.7. The summed E-state index contributed by atoms with van der Waals surface area (Å²) in [4.78, 5) is 61.4. The van der Waals surface area contributed by atoms with E-state index in [0.29, 0.717) is 74.8 Å². The van der Waals surface area contributed by atoms with E-state index in [2.05, 4.69) is 15.6 Å². The number of alkyl carbamates (subject to hydrolysis) is 1. The van der Waals surface area contributed by atoms with Crippen LogP contribution >= 0.6 is 0 Å². The molecule has 1 saturated heterocycles. The summed E-state index contributed by atoms with van der Waals surface area (Å²) in [5, 5.41) is 5.78. The third kappa shape index (κ3) is 10.4. The Morgan fingerprint density at radius 3 is 2.37 bits per heavy atom. The molecule has 12 heteroatoms. The van der Waals surface area contributed by atoms with Crippen molar-refractivity contribution in [1.82, 2.24) is 20.5 Å². The Kier molecular flexibility index (Phi) is 13.3. The van der Waals surface area contributed by atoms with Crippen LogP contribution in [0.4, 0.5) is 4.79 Å². The van der Waals surface area contributed by atoms with E-state index < -0.39 is 35.9 Å². The Labute approximate surface area is 305 Å². The Hall–Kier alpha value is -4.29. The lowest BCUT2D eigenvalue weighted by Crippen LogP contribution is -2.55. The highest BCUT2D eigenvalue weighted by Crippen LogP contribution is 2.30. The van der Waals surface area contributed by atoms with E-state index in [9.17, 15) is 19.2 Å². The first-order valence-electron chi connectivity index (χ1n) is 19.2. The average molecular weight is 716 g/mol. The minimum absolute atomic E-state index is 0.0813. The normalized spacial score (nSPS) is 20.4. The van der Waals surface area contributed by atoms with Crippen molar-refractivity contribution in [3.8, 4) is 0 Å². The van der Waals surface area contributed by atoms with Crippen LogP contribution in [0.5, 0.6) is 0 Å². The number of aryl methyl sites for hydroxylation is 1. The molecule has 0 radical (unpaired) electrons. The number of aromatic nitrogens is 1. The van der Waals surface area contributed by atoms with Crippen LogP contribution in [0.15, 0.2) is 59.0 Å². The number of nitrogens with zero attached hydrogens (tertiary/aromatic N) is 2. The highest BCUT2D eigenvalue weighted by atomic mass is 16.5. The van der Waals surface area contributed by atoms with Gasteiger partial charge >= 0.3 is 6.09 Å². The predicted octanol–water partition coefficient (Wildman–Crippen LogP) is 5.33. The molecular weight excluding hydrogens is 662 g/mol. The van der Waals surface area contributed by atoms with Crippen molar-refractivity contribution in [3.63, 3.8) is 0 Å². The Morgan fingerprint density at radius 1 is 0.865 bits per heavy atom. The van der Waals surface area contributed by atoms with Gasteiger partial charge in [-0.25, -0.2) is 9.78 Å². The van der Waals surface area contributed by atoms with E-state index >= 15 is 0 Å². The van der Waals surface area contributed by atoms with Gasteiger partial charge in [0.25, 0.3) is 5.89 Å². The first-order chi connectivity index (χ1) is 25.4. The number of ether oxygens (including phenoxy) is 2. The molecule has 0 spiro atoms. The van der Waals surface area contributed by atoms with E-state index in [1.807, 2.05) is 36.4 Å². The first-order valence-corrected chi connectivity index (χ1v) is 19.2. The number of likely N-dealkylation sites (tertiary alicyclic amines) is 1. The number of carbonyl (C=O) groups excluding carboxylic acids is 4. The molecule has 0 bridgehead atoms. The molecule has 12 nitrogen and oxygen atoms in total. The number of amides is 3. The van der Waals surface area contributed by atoms with Crippen molar-refractivity contribution < 1.29 is 33.1 Å². The van der Waals surface area contributed by atoms with Crippen molar-refractivity contribution in [2.75, 3.05) is 26.3 Å². The number of rotatable bonds is 18. The number of hydrogen-bond donors (Lipinski definition) is 3. The number of benzene rings is 2. The van der Waals surface area contributed by atoms with Crippen LogP contribution in [0, 0.1) is 11.8 Å². The molecule has 280 valence electrons. The van der Waals surface area contributed by atoms with Crippen LogP contribution in [-0.4, -0.2) is 84.1 Å². The fourth-order valence-corrected chi connectivity index (χ4v) is 7.27. The Bertz CT molecular complexity index is 1600. The maximum absolute atomic E-state index is 14.5. The van der Waals surface area contributed by atoms with Gasteiger partial charge in [-0.2, -0.15) is 0 Å². The number of fused-ring (bicyclic) bond motifs is 1. The van der Waals surface area contributed by atoms with Crippen molar-refractivity contribution >= 4 is 34.8 Å². The summed E-state index contributed by atoms with van der Waals surface area (Å²) in [6, 6.07) is 14.1. The van der Waals surface area contributed by atoms with Gasteiger partial charge in [-0.1, -0.05) is 61.7 Å². The Morgan fingerprint density at radius 2 is 1.62 bits per heavy atom. The lowest BCUT2D eigenvalue weighted by Gasteiger charge is -2.29. The van der Waals surface area contributed by atoms with Crippen LogP contribution < -0.4 is 16.4 Å². The number of para-hydroxylation sites is 2. The maximum Gasteiger partial charge on any atom is 0.407 e. The van der Waals surface area contributed by atoms with Crippen molar-refractivity contribution in [2.45, 2.75) is 108 Å². The summed E-state index contributed by atoms with van der Waals surface area (Å²) in [5.74, 6) is -0.544. The van der Waals surface area contributed by atoms with Crippen LogP contribution in [0.2, 0.25) is 0 Å². The molecule has 1 aromatic heterocycles. The molecule has 3 amide bonds. The lowest BCUT2D eigenvalue weighted by atomic mass is 9.90. The van der Waals surface area contributed by atoms with Crippen LogP contribution in [0.1, 0.15) is 93.3 Å². The van der Waals surface area contributed by atoms with Gasteiger partial charge < -0.3 is 35.2 Å². The number of unbranched alkanes of at least 4 members (excludes halogenated alkanes) is 1. The van der Waals surface area contributed by atoms with Gasteiger partial charge in [0.1, 0.15) is 17.6 Å². The topological polar surface area (TPSA) is 166 Å². The Balaban J connectivity index is 1.21. The van der Waals surface area contributed by atoms with E-state index in [4.69, 9.17) is 19.6 Å². The van der Waals surface area contributed by atoms with E-state index in [1.165, 1.54) is 24.2 Å². The molecule has 2 heterocycles. The second-order valence-corrected chi connectivity index (χ2v) is 14.7. The zero-order valence-electron chi connectivity index (χ0n) is 30.0. The number of carbonyl (C=O) groups is 4. The zero-order chi connectivity index (χ0) is 36.3. The van der Waals surface area contributed by atoms with E-state index in [1.54, 1.807) is 18.2 Å². The van der Waals surface area contributed by atoms with E-state index in [0.717, 1.165) is 31.2 Å². The summed E-state index contributed by atoms with van der Waals surface area (Å²) in [6.45, 7) is 1.53. The number of ketones is 1. The summed E-state index contributed by atoms with van der Waals surface area (Å²) in [5.41, 5.74) is 7.82. The van der Waals surface area contributed by atoms with Gasteiger partial charge in [-0.15, -0.1) is 0 Å². The van der Waals surface area contributed by atoms with Gasteiger partial charge in [0.05, 0.1) is 18.8 Å². The molecule has 3 fully saturated rings. The van der Waals surface area contributed by atoms with Gasteiger partial charge in [0.2, 0.25) is 17.6 Å². The number of hydrogen-bond acceptors (Lipinski definition) is 9. The smallest absolute Gasteiger partial charge is 0.407 e. The third-order valence-electron chi connectivity index (χ3n) is 10.5. The molecule has 4 N–H and O–H groups in total. The monoisotopic (exact) mass is 715 g/mol. The zero-order valence-corrected chi connectivity index (χ0v) is 30.0. The molecule has 2 saturated carbocycles. The minimum Gasteiger partial charge on any atom is -0.449 e. The maximum atomic E-state index is 14.5. The molecule has 52 heavy (non-hydrogen) atoms. The first kappa shape index (κ1) is 37.5. The molecule has 0 unspecified atom stereocenters. The predicted molar refractivity (Wildman–Crippen MR) is 195 cm³/mol. The molecule has 3 aliphatic rings. The molecule has 3 aromatic rings. The second-order valence-electron chi connectivity index (χ2n) is 14.7. The average Bonchev–Trinajstić information content (AvgIpc) is 3.74. The summed E-state index contributed by atoms with van der Waals surface area (Å²) >= 11 is 0. The fraction of sp³-hybridized carbons (Fsp3) is 0.575. The van der Waals surface area contributed by atoms with Crippen LogP contribution in [0.25, 0.3) is 11.1 Å². The molecule has 6 rings (SSSR count). The van der Waals surface area contributed by atoms with Crippen molar-refractivity contribution in [1.29, 1.82) is 0 Å². The van der Waals surface area contributed by atoms with Crippen molar-refractivity contribution in [3.05, 3.63) is 66.1 Å². The van der Waals surface area contributed by atoms with Crippen LogP contribution in [0.3, 0.4) is 0 Å². The lowest BCUT2D eigenvalue weighted by molar-refractivity contribution is -0.140. The largest absolute Gasteiger partial charge is 0.449 e.